The molecule has 0 saturated heterocycles. The summed E-state index contributed by atoms with van der Waals surface area (Å²) in [6.45, 7) is 5.66. The van der Waals surface area contributed by atoms with E-state index in [9.17, 15) is 13.5 Å². The maximum atomic E-state index is 14.1. The molecule has 0 radical (unpaired) electrons. The number of hydrogen-bond donors (Lipinski definition) is 1. The molecule has 3 rings (SSSR count). The van der Waals surface area contributed by atoms with Gasteiger partial charge in [-0.25, -0.2) is 0 Å². The van der Waals surface area contributed by atoms with Crippen LogP contribution in [0.25, 0.3) is 6.08 Å². The third-order valence-corrected chi connectivity index (χ3v) is 10.5. The third kappa shape index (κ3) is 7.52. The Bertz CT molecular complexity index is 1240. The van der Waals surface area contributed by atoms with E-state index < -0.39 is 15.4 Å². The van der Waals surface area contributed by atoms with Crippen molar-refractivity contribution in [2.24, 2.45) is 0 Å². The molecule has 0 spiro atoms. The van der Waals surface area contributed by atoms with Gasteiger partial charge in [0.1, 0.15) is 0 Å². The van der Waals surface area contributed by atoms with E-state index in [1.807, 2.05) is 67.6 Å². The number of allylic oxidation sites excluding steroid dienone is 1. The predicted molar refractivity (Wildman–Crippen MR) is 147 cm³/mol. The van der Waals surface area contributed by atoms with E-state index in [-0.39, 0.29) is 24.8 Å². The van der Waals surface area contributed by atoms with Crippen molar-refractivity contribution in [2.45, 2.75) is 57.0 Å². The van der Waals surface area contributed by atoms with Crippen LogP contribution in [-0.4, -0.2) is 34.1 Å². The minimum absolute atomic E-state index is 0.112. The van der Waals surface area contributed by atoms with Gasteiger partial charge in [-0.2, -0.15) is 0 Å². The molecule has 0 heterocycles. The van der Waals surface area contributed by atoms with E-state index in [0.29, 0.717) is 6.42 Å². The van der Waals surface area contributed by atoms with Crippen LogP contribution in [-0.2, 0) is 9.84 Å². The summed E-state index contributed by atoms with van der Waals surface area (Å²) in [4.78, 5) is 0.323. The normalized spacial score (nSPS) is 14.5. The Labute approximate surface area is 216 Å². The number of unbranched alkanes of at least 4 members (excludes halogenated alkanes) is 2. The molecule has 3 nitrogen and oxygen atoms in total. The average Bonchev–Trinajstić information content (AvgIpc) is 2.84. The van der Waals surface area contributed by atoms with Gasteiger partial charge in [-0.1, -0.05) is 0 Å². The van der Waals surface area contributed by atoms with Crippen molar-refractivity contribution in [1.82, 2.24) is 0 Å². The zero-order valence-corrected chi connectivity index (χ0v) is 23.2. The standard InChI is InChI=1S/C30H34O3SSe/c1-4-5-8-17-28(35-27-15-11-7-12-16-27)29(34(32,33)26-20-18-24(2)19-21-26)30(3,31)23-22-25-13-9-6-10-14-25/h6-7,9-16,18-23,31H,4-5,8,17H2,1-3H3/b23-22+,29-28+. The van der Waals surface area contributed by atoms with Crippen LogP contribution in [0.1, 0.15) is 50.7 Å². The maximum absolute atomic E-state index is 14.1. The first kappa shape index (κ1) is 27.2. The van der Waals surface area contributed by atoms with Crippen molar-refractivity contribution in [1.29, 1.82) is 0 Å². The molecule has 1 N–H and O–H groups in total. The van der Waals surface area contributed by atoms with Crippen molar-refractivity contribution in [3.8, 4) is 0 Å². The van der Waals surface area contributed by atoms with E-state index >= 15 is 0 Å². The second kappa shape index (κ2) is 12.5. The van der Waals surface area contributed by atoms with Gasteiger partial charge < -0.3 is 0 Å². The molecule has 3 aromatic rings. The molecular formula is C30H34O3SSe. The molecule has 0 amide bonds. The predicted octanol–water partition coefficient (Wildman–Crippen LogP) is 6.05. The number of hydrogen-bond acceptors (Lipinski definition) is 3. The van der Waals surface area contributed by atoms with Gasteiger partial charge in [0.05, 0.1) is 0 Å². The quantitative estimate of drug-likeness (QED) is 0.232. The van der Waals surface area contributed by atoms with Crippen molar-refractivity contribution in [3.63, 3.8) is 0 Å². The minimum atomic E-state index is -3.94. The summed E-state index contributed by atoms with van der Waals surface area (Å²) in [6, 6.07) is 26.5. The van der Waals surface area contributed by atoms with Crippen molar-refractivity contribution < 1.29 is 13.5 Å². The van der Waals surface area contributed by atoms with Crippen LogP contribution in [0.5, 0.6) is 0 Å². The van der Waals surface area contributed by atoms with E-state index in [1.54, 1.807) is 43.3 Å². The SMILES string of the molecule is CCCCC/C([Se]c1ccccc1)=C(/C(C)(O)/C=C/c1ccccc1)S(=O)(=O)c1ccc(C)cc1. The molecule has 0 fully saturated rings. The van der Waals surface area contributed by atoms with Crippen LogP contribution in [0.3, 0.4) is 0 Å². The van der Waals surface area contributed by atoms with E-state index in [4.69, 9.17) is 0 Å². The van der Waals surface area contributed by atoms with Gasteiger partial charge in [-0.15, -0.1) is 0 Å². The van der Waals surface area contributed by atoms with Crippen molar-refractivity contribution in [3.05, 3.63) is 112 Å². The second-order valence-electron chi connectivity index (χ2n) is 8.83. The van der Waals surface area contributed by atoms with Gasteiger partial charge >= 0.3 is 217 Å². The van der Waals surface area contributed by atoms with Gasteiger partial charge in [-0.05, 0) is 0 Å². The molecule has 0 saturated carbocycles. The second-order valence-corrected chi connectivity index (χ2v) is 13.2. The Morgan fingerprint density at radius 2 is 1.51 bits per heavy atom. The summed E-state index contributed by atoms with van der Waals surface area (Å²) in [5.74, 6) is 0. The molecule has 0 bridgehead atoms. The van der Waals surface area contributed by atoms with Crippen LogP contribution >= 0.6 is 0 Å². The van der Waals surface area contributed by atoms with Crippen LogP contribution < -0.4 is 4.46 Å². The Balaban J connectivity index is 2.20. The summed E-state index contributed by atoms with van der Waals surface area (Å²) in [7, 11) is -3.94. The number of sulfone groups is 1. The fourth-order valence-corrected chi connectivity index (χ4v) is 8.82. The Kier molecular flexibility index (Phi) is 9.71. The van der Waals surface area contributed by atoms with E-state index in [1.165, 1.54) is 0 Å². The molecule has 0 aromatic heterocycles. The third-order valence-electron chi connectivity index (χ3n) is 5.70. The van der Waals surface area contributed by atoms with Gasteiger partial charge in [0.25, 0.3) is 0 Å². The first-order valence-electron chi connectivity index (χ1n) is 12.0. The molecule has 3 aromatic carbocycles. The zero-order chi connectivity index (χ0) is 25.3. The van der Waals surface area contributed by atoms with Gasteiger partial charge in [0.2, 0.25) is 0 Å². The molecule has 1 unspecified atom stereocenters. The summed E-state index contributed by atoms with van der Waals surface area (Å²) in [6.07, 6.45) is 6.97. The van der Waals surface area contributed by atoms with Crippen molar-refractivity contribution >= 4 is 35.3 Å². The van der Waals surface area contributed by atoms with Crippen molar-refractivity contribution in [2.75, 3.05) is 0 Å². The van der Waals surface area contributed by atoms with Crippen LogP contribution in [0.15, 0.2) is 105 Å². The number of benzene rings is 3. The Morgan fingerprint density at radius 1 is 0.914 bits per heavy atom. The van der Waals surface area contributed by atoms with Crippen LogP contribution in [0.2, 0.25) is 0 Å². The summed E-state index contributed by atoms with van der Waals surface area (Å²) < 4.78 is 30.2. The van der Waals surface area contributed by atoms with Gasteiger partial charge in [0, 0.05) is 0 Å². The fourth-order valence-electron chi connectivity index (χ4n) is 3.82. The first-order valence-corrected chi connectivity index (χ1v) is 15.2. The van der Waals surface area contributed by atoms with Gasteiger partial charge in [0.15, 0.2) is 0 Å². The topological polar surface area (TPSA) is 54.4 Å². The summed E-state index contributed by atoms with van der Waals surface area (Å²) in [5, 5.41) is 11.8. The summed E-state index contributed by atoms with van der Waals surface area (Å²) >= 11 is -0.243. The molecule has 35 heavy (non-hydrogen) atoms. The number of aliphatic hydroxyl groups is 1. The average molecular weight is 554 g/mol. The molecule has 0 aliphatic heterocycles. The molecule has 5 heteroatoms. The first-order chi connectivity index (χ1) is 16.7. The molecule has 1 atom stereocenters. The Hall–Kier alpha value is -2.43. The van der Waals surface area contributed by atoms with E-state index in [2.05, 4.69) is 6.92 Å². The zero-order valence-electron chi connectivity index (χ0n) is 20.6. The molecular weight excluding hydrogens is 519 g/mol. The monoisotopic (exact) mass is 554 g/mol. The van der Waals surface area contributed by atoms with Gasteiger partial charge in [-0.3, -0.25) is 0 Å². The summed E-state index contributed by atoms with van der Waals surface area (Å²) in [5.41, 5.74) is 0.223. The molecule has 0 aliphatic rings. The molecule has 184 valence electrons. The number of rotatable bonds is 11. The van der Waals surface area contributed by atoms with E-state index in [0.717, 1.165) is 39.3 Å². The molecule has 0 aliphatic carbocycles. The fraction of sp³-hybridized carbons (Fsp3) is 0.267. The van der Waals surface area contributed by atoms with Crippen LogP contribution in [0, 0.1) is 6.92 Å². The van der Waals surface area contributed by atoms with Crippen LogP contribution in [0.4, 0.5) is 0 Å². The Morgan fingerprint density at radius 3 is 2.11 bits per heavy atom. The number of aryl methyl sites for hydroxylation is 1.